The lowest BCUT2D eigenvalue weighted by atomic mass is 9.58. The van der Waals surface area contributed by atoms with E-state index in [1.807, 2.05) is 20.8 Å². The summed E-state index contributed by atoms with van der Waals surface area (Å²) in [6.45, 7) is 32.7. The van der Waals surface area contributed by atoms with E-state index in [0.717, 1.165) is 51.4 Å². The number of rotatable bonds is 13. The highest BCUT2D eigenvalue weighted by Crippen LogP contribution is 2.53. The third-order valence-corrected chi connectivity index (χ3v) is 13.5. The summed E-state index contributed by atoms with van der Waals surface area (Å²) in [5, 5.41) is 12.1. The number of hydrogen-bond donors (Lipinski definition) is 3. The minimum atomic E-state index is -0.577. The van der Waals surface area contributed by atoms with E-state index in [1.165, 1.54) is 13.7 Å². The van der Waals surface area contributed by atoms with Crippen LogP contribution < -0.4 is 27.9 Å². The molecule has 314 valence electrons. The zero-order valence-corrected chi connectivity index (χ0v) is 36.5. The van der Waals surface area contributed by atoms with Crippen molar-refractivity contribution in [2.75, 3.05) is 6.61 Å². The summed E-state index contributed by atoms with van der Waals surface area (Å²) < 4.78 is 9.50. The standard InChI is InChI=1S/C43H75N5O7/c1-15-16-54-34(49)44-33-21-40(10,11)25-43(14,22-33)31(5)48-36(51)46(26-41(12)18-28(2)17-38(6,7)23-41)35(50)47(37(48)52)27-42(13)20-32(19-39(8,9)24-42)29(3)30(4)45-55-53/h28-29,31-33,45,53H,4,15-27H2,1-3,5-14H3,(H,44,49). The van der Waals surface area contributed by atoms with Crippen LogP contribution in [0.5, 0.6) is 0 Å². The molecular formula is C43H75N5O7. The summed E-state index contributed by atoms with van der Waals surface area (Å²) in [7, 11) is 0. The minimum Gasteiger partial charge on any atom is -0.450 e. The number of hydroxylamine groups is 1. The first kappa shape index (κ1) is 44.8. The Morgan fingerprint density at radius 3 is 1.85 bits per heavy atom. The fourth-order valence-corrected chi connectivity index (χ4v) is 12.6. The number of allylic oxidation sites excluding steroid dienone is 1. The number of alkyl carbamates (subject to hydrolysis) is 1. The van der Waals surface area contributed by atoms with Gasteiger partial charge in [0.05, 0.1) is 6.61 Å². The predicted octanol–water partition coefficient (Wildman–Crippen LogP) is 8.28. The fraction of sp³-hybridized carbons (Fsp3) is 0.860. The first-order valence-corrected chi connectivity index (χ1v) is 20.8. The van der Waals surface area contributed by atoms with Crippen LogP contribution in [0.25, 0.3) is 0 Å². The Balaban J connectivity index is 1.86. The number of aromatic nitrogens is 3. The van der Waals surface area contributed by atoms with Crippen molar-refractivity contribution >= 4 is 6.09 Å². The topological polar surface area (TPSA) is 146 Å². The molecule has 8 unspecified atom stereocenters. The van der Waals surface area contributed by atoms with Gasteiger partial charge in [0.15, 0.2) is 0 Å². The van der Waals surface area contributed by atoms with Gasteiger partial charge in [0.1, 0.15) is 0 Å². The smallest absolute Gasteiger partial charge is 0.407 e. The molecule has 8 atom stereocenters. The van der Waals surface area contributed by atoms with Crippen molar-refractivity contribution in [2.45, 2.75) is 179 Å². The molecule has 55 heavy (non-hydrogen) atoms. The van der Waals surface area contributed by atoms with Gasteiger partial charge in [-0.05, 0) is 115 Å². The molecule has 3 saturated carbocycles. The van der Waals surface area contributed by atoms with Crippen molar-refractivity contribution in [1.82, 2.24) is 24.5 Å². The van der Waals surface area contributed by atoms with E-state index >= 15 is 0 Å². The molecule has 1 aromatic heterocycles. The van der Waals surface area contributed by atoms with E-state index in [9.17, 15) is 19.2 Å². The molecule has 3 aliphatic carbocycles. The van der Waals surface area contributed by atoms with Crippen LogP contribution in [0.15, 0.2) is 26.7 Å². The molecule has 0 bridgehead atoms. The molecule has 3 fully saturated rings. The SMILES string of the molecule is C=C(NOO)C(C)C1CC(C)(C)CC(C)(Cn2c(=O)n(CC3(C)CC(C)CC(C)(C)C3)c(=O)n(C(C)C3(C)CC(NC(=O)OCCC)CC(C)(C)C3)c2=O)C1. The Labute approximate surface area is 329 Å². The largest absolute Gasteiger partial charge is 0.450 e. The average Bonchev–Trinajstić information content (AvgIpc) is 3.01. The third-order valence-electron chi connectivity index (χ3n) is 13.5. The van der Waals surface area contributed by atoms with Gasteiger partial charge in [0, 0.05) is 36.8 Å². The van der Waals surface area contributed by atoms with Crippen molar-refractivity contribution in [2.24, 2.45) is 50.2 Å². The van der Waals surface area contributed by atoms with Gasteiger partial charge < -0.3 is 10.1 Å². The Morgan fingerprint density at radius 2 is 1.33 bits per heavy atom. The minimum absolute atomic E-state index is 0.0466. The van der Waals surface area contributed by atoms with Gasteiger partial charge in [-0.25, -0.2) is 43.6 Å². The number of amides is 1. The van der Waals surface area contributed by atoms with Crippen LogP contribution in [-0.4, -0.2) is 37.7 Å². The number of hydrogen-bond acceptors (Lipinski definition) is 8. The quantitative estimate of drug-likeness (QED) is 0.134. The van der Waals surface area contributed by atoms with Crippen molar-refractivity contribution in [3.05, 3.63) is 43.7 Å². The van der Waals surface area contributed by atoms with Crippen LogP contribution in [0.4, 0.5) is 4.79 Å². The second-order valence-electron chi connectivity index (χ2n) is 21.9. The van der Waals surface area contributed by atoms with Gasteiger partial charge in [-0.2, -0.15) is 0 Å². The Kier molecular flexibility index (Phi) is 13.2. The van der Waals surface area contributed by atoms with E-state index in [2.05, 4.69) is 91.6 Å². The Hall–Kier alpha value is -2.86. The molecule has 4 rings (SSSR count). The number of ether oxygens (including phenoxy) is 1. The average molecular weight is 774 g/mol. The predicted molar refractivity (Wildman–Crippen MR) is 218 cm³/mol. The maximum absolute atomic E-state index is 15.0. The maximum Gasteiger partial charge on any atom is 0.407 e. The van der Waals surface area contributed by atoms with Gasteiger partial charge >= 0.3 is 23.2 Å². The van der Waals surface area contributed by atoms with Gasteiger partial charge in [0.2, 0.25) is 0 Å². The fourth-order valence-electron chi connectivity index (χ4n) is 12.6. The normalized spacial score (nSPS) is 32.6. The van der Waals surface area contributed by atoms with Crippen LogP contribution >= 0.6 is 0 Å². The number of carbonyl (C=O) groups excluding carboxylic acids is 1. The van der Waals surface area contributed by atoms with E-state index in [0.29, 0.717) is 31.1 Å². The van der Waals surface area contributed by atoms with Crippen molar-refractivity contribution < 1.29 is 19.8 Å². The number of carbonyl (C=O) groups is 1. The number of nitrogens with one attached hydrogen (secondary N) is 2. The Bertz CT molecular complexity index is 1740. The van der Waals surface area contributed by atoms with Gasteiger partial charge in [0.25, 0.3) is 0 Å². The summed E-state index contributed by atoms with van der Waals surface area (Å²) in [6.07, 6.45) is 7.48. The first-order chi connectivity index (χ1) is 25.2. The molecule has 0 spiro atoms. The van der Waals surface area contributed by atoms with E-state index < -0.39 is 40.0 Å². The van der Waals surface area contributed by atoms with Crippen molar-refractivity contribution in [3.8, 4) is 0 Å². The second-order valence-corrected chi connectivity index (χ2v) is 21.9. The zero-order chi connectivity index (χ0) is 41.5. The molecule has 3 N–H and O–H groups in total. The molecule has 3 aliphatic rings. The maximum atomic E-state index is 15.0. The second kappa shape index (κ2) is 16.2. The molecule has 1 amide bonds. The van der Waals surface area contributed by atoms with E-state index in [1.54, 1.807) is 0 Å². The van der Waals surface area contributed by atoms with Gasteiger partial charge in [-0.15, -0.1) is 4.99 Å². The highest BCUT2D eigenvalue weighted by Gasteiger charge is 2.48. The molecule has 12 nitrogen and oxygen atoms in total. The molecule has 1 aromatic rings. The van der Waals surface area contributed by atoms with Crippen molar-refractivity contribution in [3.63, 3.8) is 0 Å². The van der Waals surface area contributed by atoms with Crippen LogP contribution in [0.2, 0.25) is 0 Å². The lowest BCUT2D eigenvalue weighted by Gasteiger charge is -2.50. The summed E-state index contributed by atoms with van der Waals surface area (Å²) in [6, 6.07) is -0.788. The molecule has 12 heteroatoms. The van der Waals surface area contributed by atoms with Crippen LogP contribution in [0.1, 0.15) is 160 Å². The monoisotopic (exact) mass is 774 g/mol. The summed E-state index contributed by atoms with van der Waals surface area (Å²) in [5.41, 5.74) is -0.258. The molecular weight excluding hydrogens is 699 g/mol. The van der Waals surface area contributed by atoms with Crippen LogP contribution in [0, 0.1) is 50.2 Å². The molecule has 0 aliphatic heterocycles. The first-order valence-electron chi connectivity index (χ1n) is 20.8. The lowest BCUT2D eigenvalue weighted by Crippen LogP contribution is -2.60. The van der Waals surface area contributed by atoms with Crippen molar-refractivity contribution in [1.29, 1.82) is 0 Å². The molecule has 1 heterocycles. The number of nitrogens with zero attached hydrogens (tertiary/aromatic N) is 3. The Morgan fingerprint density at radius 1 is 0.800 bits per heavy atom. The summed E-state index contributed by atoms with van der Waals surface area (Å²) in [4.78, 5) is 61.7. The molecule has 0 saturated heterocycles. The van der Waals surface area contributed by atoms with Gasteiger partial charge in [-0.1, -0.05) is 89.7 Å². The molecule has 0 radical (unpaired) electrons. The van der Waals surface area contributed by atoms with Gasteiger partial charge in [-0.3, -0.25) is 0 Å². The van der Waals surface area contributed by atoms with Crippen LogP contribution in [0.3, 0.4) is 0 Å². The third kappa shape index (κ3) is 10.6. The summed E-state index contributed by atoms with van der Waals surface area (Å²) >= 11 is 0. The zero-order valence-electron chi connectivity index (χ0n) is 36.5. The highest BCUT2D eigenvalue weighted by molar-refractivity contribution is 5.67. The highest BCUT2D eigenvalue weighted by atomic mass is 17.2. The van der Waals surface area contributed by atoms with E-state index in [4.69, 9.17) is 9.99 Å². The molecule has 0 aromatic carbocycles. The lowest BCUT2D eigenvalue weighted by molar-refractivity contribution is -0.285. The van der Waals surface area contributed by atoms with Crippen LogP contribution in [-0.2, 0) is 22.8 Å². The summed E-state index contributed by atoms with van der Waals surface area (Å²) in [5.74, 6) is 0.505. The van der Waals surface area contributed by atoms with E-state index in [-0.39, 0.29) is 52.6 Å².